The van der Waals surface area contributed by atoms with Gasteiger partial charge in [0.2, 0.25) is 5.91 Å². The number of hydrogen-bond donors (Lipinski definition) is 1. The third-order valence-electron chi connectivity index (χ3n) is 6.75. The number of amides is 1. The van der Waals surface area contributed by atoms with Crippen LogP contribution in [0.25, 0.3) is 16.9 Å². The quantitative estimate of drug-likeness (QED) is 0.359. The van der Waals surface area contributed by atoms with Gasteiger partial charge in [0, 0.05) is 36.2 Å². The summed E-state index contributed by atoms with van der Waals surface area (Å²) in [5.41, 5.74) is 2.18. The number of likely N-dealkylation sites (tertiary alicyclic amines) is 1. The molecule has 1 amide bonds. The molecule has 1 N–H and O–H groups in total. The molecule has 2 unspecified atom stereocenters. The van der Waals surface area contributed by atoms with Gasteiger partial charge in [0.05, 0.1) is 23.9 Å². The van der Waals surface area contributed by atoms with Crippen molar-refractivity contribution in [2.75, 3.05) is 26.7 Å². The molecular weight excluding hydrogens is 525 g/mol. The summed E-state index contributed by atoms with van der Waals surface area (Å²) in [4.78, 5) is 33.7. The van der Waals surface area contributed by atoms with Gasteiger partial charge in [-0.2, -0.15) is 0 Å². The monoisotopic (exact) mass is 551 g/mol. The van der Waals surface area contributed by atoms with Gasteiger partial charge < -0.3 is 10.2 Å². The molecule has 1 fully saturated rings. The highest BCUT2D eigenvalue weighted by Gasteiger charge is 2.26. The van der Waals surface area contributed by atoms with Crippen molar-refractivity contribution in [1.29, 1.82) is 0 Å². The first-order chi connectivity index (χ1) is 18.4. The first-order valence-corrected chi connectivity index (χ1v) is 13.1. The fourth-order valence-corrected chi connectivity index (χ4v) is 5.07. The van der Waals surface area contributed by atoms with Crippen LogP contribution in [-0.4, -0.2) is 62.0 Å². The van der Waals surface area contributed by atoms with Crippen molar-refractivity contribution in [3.05, 3.63) is 93.2 Å². The summed E-state index contributed by atoms with van der Waals surface area (Å²) in [5, 5.41) is 11.6. The van der Waals surface area contributed by atoms with Crippen molar-refractivity contribution in [3.63, 3.8) is 0 Å². The van der Waals surface area contributed by atoms with Crippen LogP contribution in [-0.2, 0) is 11.2 Å². The number of hydrogen-bond acceptors (Lipinski definition) is 6. The minimum absolute atomic E-state index is 0.208. The summed E-state index contributed by atoms with van der Waals surface area (Å²) in [6.45, 7) is 2.53. The van der Waals surface area contributed by atoms with Crippen molar-refractivity contribution >= 4 is 29.1 Å². The molecule has 3 heterocycles. The van der Waals surface area contributed by atoms with Crippen LogP contribution in [0.2, 0.25) is 10.2 Å². The van der Waals surface area contributed by atoms with Gasteiger partial charge in [-0.3, -0.25) is 14.2 Å². The van der Waals surface area contributed by atoms with E-state index in [4.69, 9.17) is 23.2 Å². The van der Waals surface area contributed by atoms with Crippen LogP contribution in [0.1, 0.15) is 18.0 Å². The summed E-state index contributed by atoms with van der Waals surface area (Å²) in [6.07, 6.45) is 4.37. The molecule has 0 aliphatic carbocycles. The second-order valence-electron chi connectivity index (χ2n) is 9.53. The molecule has 0 spiro atoms. The Morgan fingerprint density at radius 2 is 1.97 bits per heavy atom. The molecule has 2 aromatic heterocycles. The van der Waals surface area contributed by atoms with Crippen molar-refractivity contribution in [2.24, 2.45) is 5.92 Å². The van der Waals surface area contributed by atoms with Crippen LogP contribution < -0.4 is 10.9 Å². The largest absolute Gasteiger partial charge is 0.354 e. The second kappa shape index (κ2) is 11.5. The molecule has 1 aliphatic heterocycles. The zero-order valence-electron chi connectivity index (χ0n) is 20.8. The number of nitrogens with zero attached hydrogens (tertiary/aromatic N) is 6. The molecule has 0 bridgehead atoms. The number of benzene rings is 2. The Bertz CT molecular complexity index is 1490. The number of rotatable bonds is 8. The average Bonchev–Trinajstić information content (AvgIpc) is 3.54. The maximum atomic E-state index is 13.4. The number of aromatic nitrogens is 5. The standard InChI is InChI=1S/C27H27Cl2N7O2/c1-34-10-9-19(15-34)14-30-27(38)24(11-18-5-3-2-4-6-18)35-17-31-22(13-26(35)37)21-12-20(28)7-8-23(21)36-16-25(29)32-33-36/h2-8,12-13,16-17,19,24H,9-11,14-15H2,1H3,(H,30,38). The highest BCUT2D eigenvalue weighted by molar-refractivity contribution is 6.31. The van der Waals surface area contributed by atoms with E-state index in [-0.39, 0.29) is 16.6 Å². The molecule has 11 heteroatoms. The van der Waals surface area contributed by atoms with E-state index in [2.05, 4.69) is 32.6 Å². The lowest BCUT2D eigenvalue weighted by Crippen LogP contribution is -2.40. The van der Waals surface area contributed by atoms with E-state index in [1.807, 2.05) is 30.3 Å². The summed E-state index contributed by atoms with van der Waals surface area (Å²) in [6, 6.07) is 15.5. The van der Waals surface area contributed by atoms with Crippen molar-refractivity contribution in [1.82, 2.24) is 34.8 Å². The van der Waals surface area contributed by atoms with Gasteiger partial charge >= 0.3 is 0 Å². The lowest BCUT2D eigenvalue weighted by atomic mass is 10.0. The fourth-order valence-electron chi connectivity index (χ4n) is 4.78. The Labute approximate surface area is 230 Å². The molecule has 0 radical (unpaired) electrons. The van der Waals surface area contributed by atoms with E-state index in [0.29, 0.717) is 40.9 Å². The number of nitrogens with one attached hydrogen (secondary N) is 1. The predicted molar refractivity (Wildman–Crippen MR) is 147 cm³/mol. The Morgan fingerprint density at radius 1 is 1.16 bits per heavy atom. The van der Waals surface area contributed by atoms with E-state index >= 15 is 0 Å². The van der Waals surface area contributed by atoms with Crippen molar-refractivity contribution in [3.8, 4) is 16.9 Å². The second-order valence-corrected chi connectivity index (χ2v) is 10.4. The summed E-state index contributed by atoms with van der Waals surface area (Å²) < 4.78 is 2.89. The number of carbonyl (C=O) groups excluding carboxylic acids is 1. The smallest absolute Gasteiger partial charge is 0.254 e. The Balaban J connectivity index is 1.46. The van der Waals surface area contributed by atoms with E-state index < -0.39 is 6.04 Å². The van der Waals surface area contributed by atoms with E-state index in [0.717, 1.165) is 25.1 Å². The van der Waals surface area contributed by atoms with E-state index in [1.54, 1.807) is 24.4 Å². The molecule has 9 nitrogen and oxygen atoms in total. The molecule has 38 heavy (non-hydrogen) atoms. The number of carbonyl (C=O) groups is 1. The van der Waals surface area contributed by atoms with Crippen LogP contribution in [0.4, 0.5) is 0 Å². The molecule has 4 aromatic rings. The third kappa shape index (κ3) is 5.96. The number of halogens is 2. The normalized spacial score (nSPS) is 16.4. The van der Waals surface area contributed by atoms with E-state index in [1.165, 1.54) is 21.6 Å². The van der Waals surface area contributed by atoms with Gasteiger partial charge in [0.25, 0.3) is 5.56 Å². The zero-order chi connectivity index (χ0) is 26.6. The SMILES string of the molecule is CN1CCC(CNC(=O)C(Cc2ccccc2)n2cnc(-c3cc(Cl)ccc3-n3cc(Cl)nn3)cc2=O)C1. The topological polar surface area (TPSA) is 97.9 Å². The van der Waals surface area contributed by atoms with E-state index in [9.17, 15) is 9.59 Å². The van der Waals surface area contributed by atoms with Crippen LogP contribution in [0.3, 0.4) is 0 Å². The minimum Gasteiger partial charge on any atom is -0.354 e. The van der Waals surface area contributed by atoms with Gasteiger partial charge in [0.1, 0.15) is 6.04 Å². The third-order valence-corrected chi connectivity index (χ3v) is 7.16. The molecule has 2 aromatic carbocycles. The summed E-state index contributed by atoms with van der Waals surface area (Å²) in [5.74, 6) is 0.186. The minimum atomic E-state index is -0.751. The predicted octanol–water partition coefficient (Wildman–Crippen LogP) is 3.65. The highest BCUT2D eigenvalue weighted by atomic mass is 35.5. The van der Waals surface area contributed by atoms with Crippen molar-refractivity contribution in [2.45, 2.75) is 18.9 Å². The Hall–Kier alpha value is -3.53. The summed E-state index contributed by atoms with van der Waals surface area (Å²) >= 11 is 12.2. The Morgan fingerprint density at radius 3 is 2.66 bits per heavy atom. The van der Waals surface area contributed by atoms with Crippen molar-refractivity contribution < 1.29 is 4.79 Å². The van der Waals surface area contributed by atoms with Gasteiger partial charge in [-0.1, -0.05) is 58.7 Å². The zero-order valence-corrected chi connectivity index (χ0v) is 22.3. The molecule has 196 valence electrons. The van der Waals surface area contributed by atoms with Crippen LogP contribution >= 0.6 is 23.2 Å². The van der Waals surface area contributed by atoms with Gasteiger partial charge in [-0.05, 0) is 49.7 Å². The molecule has 0 saturated carbocycles. The summed E-state index contributed by atoms with van der Waals surface area (Å²) in [7, 11) is 2.08. The first-order valence-electron chi connectivity index (χ1n) is 12.3. The van der Waals surface area contributed by atoms with Gasteiger partial charge in [0.15, 0.2) is 5.15 Å². The average molecular weight is 552 g/mol. The Kier molecular flexibility index (Phi) is 7.87. The lowest BCUT2D eigenvalue weighted by Gasteiger charge is -2.21. The van der Waals surface area contributed by atoms with Crippen LogP contribution in [0, 0.1) is 5.92 Å². The molecule has 2 atom stereocenters. The molecule has 1 aliphatic rings. The highest BCUT2D eigenvalue weighted by Crippen LogP contribution is 2.28. The van der Waals surface area contributed by atoms with Crippen LogP contribution in [0.15, 0.2) is 71.9 Å². The first kappa shape index (κ1) is 26.1. The van der Waals surface area contributed by atoms with Gasteiger partial charge in [-0.25, -0.2) is 9.67 Å². The fraction of sp³-hybridized carbons (Fsp3) is 0.296. The van der Waals surface area contributed by atoms with Crippen LogP contribution in [0.5, 0.6) is 0 Å². The molecule has 5 rings (SSSR count). The lowest BCUT2D eigenvalue weighted by molar-refractivity contribution is -0.124. The maximum Gasteiger partial charge on any atom is 0.254 e. The molecule has 1 saturated heterocycles. The molecular formula is C27H27Cl2N7O2. The maximum absolute atomic E-state index is 13.4. The van der Waals surface area contributed by atoms with Gasteiger partial charge in [-0.15, -0.1) is 5.10 Å².